The van der Waals surface area contributed by atoms with Crippen LogP contribution in [0.5, 0.6) is 5.88 Å². The number of hydrogen-bond donors (Lipinski definition) is 2. The second kappa shape index (κ2) is 8.86. The Morgan fingerprint density at radius 2 is 1.97 bits per heavy atom. The third-order valence-electron chi connectivity index (χ3n) is 3.36. The Morgan fingerprint density at radius 1 is 1.17 bits per heavy atom. The van der Waals surface area contributed by atoms with Crippen LogP contribution >= 0.6 is 11.6 Å². The van der Waals surface area contributed by atoms with Crippen molar-refractivity contribution in [1.82, 2.24) is 19.9 Å². The van der Waals surface area contributed by atoms with E-state index in [1.807, 2.05) is 0 Å². The van der Waals surface area contributed by atoms with E-state index < -0.39 is 30.4 Å². The number of carbonyl (C=O) groups is 1. The minimum Gasteiger partial charge on any atom is -0.466 e. The van der Waals surface area contributed by atoms with Gasteiger partial charge in [0.1, 0.15) is 23.5 Å². The molecule has 0 atom stereocenters. The monoisotopic (exact) mass is 442 g/mol. The van der Waals surface area contributed by atoms with Crippen LogP contribution in [0.3, 0.4) is 0 Å². The molecule has 0 spiro atoms. The molecule has 0 fully saturated rings. The number of alkyl halides is 3. The van der Waals surface area contributed by atoms with Crippen molar-refractivity contribution in [2.45, 2.75) is 6.18 Å². The SMILES string of the molecule is O=C(Nc1cncnc1OCC(F)(F)F)c1ccnc(Nc2ccc(Cl)cc2F)n1. The van der Waals surface area contributed by atoms with Gasteiger partial charge in [-0.3, -0.25) is 4.79 Å². The third-order valence-corrected chi connectivity index (χ3v) is 3.60. The van der Waals surface area contributed by atoms with Crippen molar-refractivity contribution in [2.75, 3.05) is 17.2 Å². The van der Waals surface area contributed by atoms with Crippen LogP contribution in [-0.4, -0.2) is 38.6 Å². The summed E-state index contributed by atoms with van der Waals surface area (Å²) in [7, 11) is 0. The number of rotatable bonds is 6. The Kier molecular flexibility index (Phi) is 6.26. The topological polar surface area (TPSA) is 102 Å². The average molecular weight is 443 g/mol. The number of aromatic nitrogens is 4. The van der Waals surface area contributed by atoms with E-state index in [1.165, 1.54) is 24.4 Å². The van der Waals surface area contributed by atoms with Gasteiger partial charge in [0.25, 0.3) is 5.91 Å². The maximum atomic E-state index is 13.9. The minimum absolute atomic E-state index is 0.0243. The Balaban J connectivity index is 1.75. The number of amides is 1. The second-order valence-corrected chi connectivity index (χ2v) is 6.05. The predicted molar refractivity (Wildman–Crippen MR) is 98.3 cm³/mol. The zero-order valence-electron chi connectivity index (χ0n) is 14.7. The highest BCUT2D eigenvalue weighted by molar-refractivity contribution is 6.30. The molecule has 0 radical (unpaired) electrons. The van der Waals surface area contributed by atoms with Crippen molar-refractivity contribution in [3.8, 4) is 5.88 Å². The molecule has 2 N–H and O–H groups in total. The van der Waals surface area contributed by atoms with Crippen molar-refractivity contribution in [1.29, 1.82) is 0 Å². The Bertz CT molecular complexity index is 1070. The standard InChI is InChI=1S/C17H11ClF4N6O2/c18-9-1-2-11(10(19)5-9)27-16-24-4-3-12(28-16)14(29)26-13-6-23-8-25-15(13)30-7-17(20,21)22/h1-6,8H,7H2,(H,26,29)(H,24,27,28). The number of ether oxygens (including phenoxy) is 1. The summed E-state index contributed by atoms with van der Waals surface area (Å²) in [6.45, 7) is -1.60. The summed E-state index contributed by atoms with van der Waals surface area (Å²) >= 11 is 5.69. The second-order valence-electron chi connectivity index (χ2n) is 5.61. The number of hydrogen-bond acceptors (Lipinski definition) is 7. The fraction of sp³-hybridized carbons (Fsp3) is 0.118. The Labute approximate surface area is 171 Å². The lowest BCUT2D eigenvalue weighted by molar-refractivity contribution is -0.153. The van der Waals surface area contributed by atoms with Crippen molar-refractivity contribution >= 4 is 34.8 Å². The van der Waals surface area contributed by atoms with Crippen LogP contribution in [0.25, 0.3) is 0 Å². The number of nitrogens with zero attached hydrogens (tertiary/aromatic N) is 4. The summed E-state index contributed by atoms with van der Waals surface area (Å²) in [6.07, 6.45) is -1.31. The van der Waals surface area contributed by atoms with Gasteiger partial charge in [0.2, 0.25) is 11.8 Å². The maximum absolute atomic E-state index is 13.9. The van der Waals surface area contributed by atoms with Crippen molar-refractivity contribution in [2.24, 2.45) is 0 Å². The van der Waals surface area contributed by atoms with Crippen molar-refractivity contribution in [3.05, 3.63) is 59.5 Å². The summed E-state index contributed by atoms with van der Waals surface area (Å²) in [6, 6.07) is 5.14. The van der Waals surface area contributed by atoms with Crippen LogP contribution in [0, 0.1) is 5.82 Å². The van der Waals surface area contributed by atoms with Gasteiger partial charge >= 0.3 is 6.18 Å². The average Bonchev–Trinajstić information content (AvgIpc) is 2.69. The van der Waals surface area contributed by atoms with Gasteiger partial charge in [0, 0.05) is 11.2 Å². The minimum atomic E-state index is -4.59. The third kappa shape index (κ3) is 5.73. The van der Waals surface area contributed by atoms with E-state index in [1.54, 1.807) is 0 Å². The highest BCUT2D eigenvalue weighted by atomic mass is 35.5. The number of halogens is 5. The van der Waals surface area contributed by atoms with Gasteiger partial charge in [0.15, 0.2) is 6.61 Å². The first-order chi connectivity index (χ1) is 14.2. The van der Waals surface area contributed by atoms with E-state index in [-0.39, 0.29) is 28.0 Å². The number of anilines is 3. The summed E-state index contributed by atoms with van der Waals surface area (Å²) in [5, 5.41) is 5.10. The lowest BCUT2D eigenvalue weighted by Gasteiger charge is -2.12. The molecule has 0 aliphatic carbocycles. The summed E-state index contributed by atoms with van der Waals surface area (Å²) in [5.41, 5.74) is -0.327. The molecule has 0 aliphatic heterocycles. The van der Waals surface area contributed by atoms with Gasteiger partial charge < -0.3 is 15.4 Å². The Morgan fingerprint density at radius 3 is 2.70 bits per heavy atom. The van der Waals surface area contributed by atoms with Crippen molar-refractivity contribution < 1.29 is 27.1 Å². The highest BCUT2D eigenvalue weighted by Crippen LogP contribution is 2.24. The van der Waals surface area contributed by atoms with Crippen LogP contribution in [-0.2, 0) is 0 Å². The summed E-state index contributed by atoms with van der Waals surface area (Å²) < 4.78 is 55.6. The molecule has 1 aromatic carbocycles. The smallest absolute Gasteiger partial charge is 0.422 e. The number of nitrogens with one attached hydrogen (secondary N) is 2. The van der Waals surface area contributed by atoms with E-state index >= 15 is 0 Å². The van der Waals surface area contributed by atoms with Gasteiger partial charge in [-0.15, -0.1) is 0 Å². The maximum Gasteiger partial charge on any atom is 0.422 e. The predicted octanol–water partition coefficient (Wildman–Crippen LogP) is 4.00. The molecule has 8 nitrogen and oxygen atoms in total. The molecule has 0 saturated heterocycles. The van der Waals surface area contributed by atoms with Gasteiger partial charge in [0.05, 0.1) is 11.9 Å². The quantitative estimate of drug-likeness (QED) is 0.556. The molecular formula is C17H11ClF4N6O2. The highest BCUT2D eigenvalue weighted by Gasteiger charge is 2.29. The first-order valence-electron chi connectivity index (χ1n) is 8.07. The molecule has 2 heterocycles. The summed E-state index contributed by atoms with van der Waals surface area (Å²) in [5.74, 6) is -2.02. The Hall–Kier alpha value is -3.54. The van der Waals surface area contributed by atoms with E-state index in [0.717, 1.165) is 18.6 Å². The number of benzene rings is 1. The largest absolute Gasteiger partial charge is 0.466 e. The van der Waals surface area contributed by atoms with E-state index in [2.05, 4.69) is 35.3 Å². The molecule has 13 heteroatoms. The molecule has 3 rings (SSSR count). The first-order valence-corrected chi connectivity index (χ1v) is 8.45. The van der Waals surface area contributed by atoms with E-state index in [9.17, 15) is 22.4 Å². The molecule has 156 valence electrons. The van der Waals surface area contributed by atoms with Crippen LogP contribution in [0.2, 0.25) is 5.02 Å². The summed E-state index contributed by atoms with van der Waals surface area (Å²) in [4.78, 5) is 27.5. The fourth-order valence-electron chi connectivity index (χ4n) is 2.11. The molecule has 30 heavy (non-hydrogen) atoms. The molecule has 0 saturated carbocycles. The molecule has 0 bridgehead atoms. The lowest BCUT2D eigenvalue weighted by atomic mass is 10.3. The molecular weight excluding hydrogens is 432 g/mol. The van der Waals surface area contributed by atoms with Crippen LogP contribution in [0.1, 0.15) is 10.5 Å². The molecule has 3 aromatic rings. The van der Waals surface area contributed by atoms with Crippen LogP contribution in [0.15, 0.2) is 43.0 Å². The zero-order valence-corrected chi connectivity index (χ0v) is 15.5. The number of carbonyl (C=O) groups excluding carboxylic acids is 1. The zero-order chi connectivity index (χ0) is 21.7. The molecule has 2 aromatic heterocycles. The lowest BCUT2D eigenvalue weighted by Crippen LogP contribution is -2.21. The first kappa shape index (κ1) is 21.2. The van der Waals surface area contributed by atoms with Gasteiger partial charge in [-0.25, -0.2) is 19.3 Å². The van der Waals surface area contributed by atoms with Crippen LogP contribution < -0.4 is 15.4 Å². The van der Waals surface area contributed by atoms with E-state index in [0.29, 0.717) is 0 Å². The van der Waals surface area contributed by atoms with Crippen LogP contribution in [0.4, 0.5) is 34.9 Å². The fourth-order valence-corrected chi connectivity index (χ4v) is 2.27. The molecule has 0 aliphatic rings. The van der Waals surface area contributed by atoms with Gasteiger partial charge in [-0.2, -0.15) is 18.2 Å². The van der Waals surface area contributed by atoms with Crippen molar-refractivity contribution in [3.63, 3.8) is 0 Å². The molecule has 0 unspecified atom stereocenters. The van der Waals surface area contributed by atoms with Gasteiger partial charge in [-0.05, 0) is 24.3 Å². The normalized spacial score (nSPS) is 11.1. The van der Waals surface area contributed by atoms with Gasteiger partial charge in [-0.1, -0.05) is 11.6 Å². The molecule has 1 amide bonds. The van der Waals surface area contributed by atoms with E-state index in [4.69, 9.17) is 11.6 Å².